The number of rotatable bonds is 5. The van der Waals surface area contributed by atoms with Crippen LogP contribution in [0, 0.1) is 5.92 Å². The van der Waals surface area contributed by atoms with Crippen LogP contribution >= 0.6 is 0 Å². The SMILES string of the molecule is CCNC(=O)[C@H]1Cc2ccc(OC)cc2N2CCN(c3ccccc3OC)C[C@@H]12. The minimum atomic E-state index is -0.0895. The molecule has 2 aromatic rings. The topological polar surface area (TPSA) is 54.0 Å². The van der Waals surface area contributed by atoms with Crippen molar-refractivity contribution < 1.29 is 14.3 Å². The molecule has 4 rings (SSSR count). The van der Waals surface area contributed by atoms with Gasteiger partial charge in [-0.05, 0) is 37.1 Å². The van der Waals surface area contributed by atoms with E-state index in [9.17, 15) is 4.79 Å². The van der Waals surface area contributed by atoms with Crippen molar-refractivity contribution in [3.8, 4) is 11.5 Å². The predicted molar refractivity (Wildman–Crippen MR) is 115 cm³/mol. The fourth-order valence-electron chi connectivity index (χ4n) is 4.62. The number of piperazine rings is 1. The van der Waals surface area contributed by atoms with Gasteiger partial charge in [0.2, 0.25) is 5.91 Å². The maximum absolute atomic E-state index is 12.9. The molecule has 0 aliphatic carbocycles. The van der Waals surface area contributed by atoms with Crippen LogP contribution in [-0.2, 0) is 11.2 Å². The van der Waals surface area contributed by atoms with Crippen LogP contribution in [0.15, 0.2) is 42.5 Å². The van der Waals surface area contributed by atoms with Gasteiger partial charge in [0.05, 0.1) is 31.9 Å². The number of nitrogens with zero attached hydrogens (tertiary/aromatic N) is 2. The number of para-hydroxylation sites is 2. The van der Waals surface area contributed by atoms with E-state index in [0.717, 1.165) is 43.2 Å². The second-order valence-electron chi connectivity index (χ2n) is 7.58. The Hall–Kier alpha value is -2.89. The first-order valence-electron chi connectivity index (χ1n) is 10.3. The lowest BCUT2D eigenvalue weighted by molar-refractivity contribution is -0.125. The van der Waals surface area contributed by atoms with Crippen molar-refractivity contribution in [2.75, 3.05) is 50.2 Å². The van der Waals surface area contributed by atoms with E-state index in [0.29, 0.717) is 6.54 Å². The molecular weight excluding hydrogens is 366 g/mol. The lowest BCUT2D eigenvalue weighted by atomic mass is 9.83. The second kappa shape index (κ2) is 8.23. The monoisotopic (exact) mass is 395 g/mol. The minimum absolute atomic E-state index is 0.0895. The molecule has 1 saturated heterocycles. The number of fused-ring (bicyclic) bond motifs is 3. The van der Waals surface area contributed by atoms with Gasteiger partial charge in [-0.25, -0.2) is 0 Å². The zero-order valence-electron chi connectivity index (χ0n) is 17.4. The van der Waals surface area contributed by atoms with Gasteiger partial charge in [-0.2, -0.15) is 0 Å². The largest absolute Gasteiger partial charge is 0.497 e. The van der Waals surface area contributed by atoms with E-state index in [4.69, 9.17) is 9.47 Å². The van der Waals surface area contributed by atoms with Crippen molar-refractivity contribution >= 4 is 17.3 Å². The summed E-state index contributed by atoms with van der Waals surface area (Å²) < 4.78 is 11.0. The smallest absolute Gasteiger partial charge is 0.225 e. The standard InChI is InChI=1S/C23H29N3O3/c1-4-24-23(27)18-13-16-9-10-17(28-2)14-20(16)26-12-11-25(15-21(18)26)19-7-5-6-8-22(19)29-3/h5-10,14,18,21H,4,11-13,15H2,1-3H3,(H,24,27)/t18-,21-/m0/s1. The van der Waals surface area contributed by atoms with Gasteiger partial charge in [0.15, 0.2) is 0 Å². The van der Waals surface area contributed by atoms with Crippen molar-refractivity contribution in [1.82, 2.24) is 5.32 Å². The number of hydrogen-bond acceptors (Lipinski definition) is 5. The first kappa shape index (κ1) is 19.4. The van der Waals surface area contributed by atoms with Crippen molar-refractivity contribution in [3.05, 3.63) is 48.0 Å². The van der Waals surface area contributed by atoms with E-state index in [1.165, 1.54) is 11.3 Å². The van der Waals surface area contributed by atoms with Gasteiger partial charge in [0, 0.05) is 37.9 Å². The van der Waals surface area contributed by atoms with Crippen LogP contribution in [0.3, 0.4) is 0 Å². The number of methoxy groups -OCH3 is 2. The molecule has 29 heavy (non-hydrogen) atoms. The van der Waals surface area contributed by atoms with Gasteiger partial charge in [-0.3, -0.25) is 4.79 Å². The number of nitrogens with one attached hydrogen (secondary N) is 1. The van der Waals surface area contributed by atoms with Gasteiger partial charge in [0.1, 0.15) is 11.5 Å². The molecule has 0 saturated carbocycles. The van der Waals surface area contributed by atoms with Gasteiger partial charge < -0.3 is 24.6 Å². The zero-order chi connectivity index (χ0) is 20.4. The average Bonchev–Trinajstić information content (AvgIpc) is 2.77. The van der Waals surface area contributed by atoms with Crippen LogP contribution in [0.5, 0.6) is 11.5 Å². The average molecular weight is 396 g/mol. The molecule has 1 N–H and O–H groups in total. The van der Waals surface area contributed by atoms with Crippen LogP contribution in [0.25, 0.3) is 0 Å². The van der Waals surface area contributed by atoms with Crippen molar-refractivity contribution in [1.29, 1.82) is 0 Å². The Labute approximate surface area is 172 Å². The highest BCUT2D eigenvalue weighted by Gasteiger charge is 2.41. The first-order valence-corrected chi connectivity index (χ1v) is 10.3. The summed E-state index contributed by atoms with van der Waals surface area (Å²) in [4.78, 5) is 17.7. The molecule has 2 heterocycles. The van der Waals surface area contributed by atoms with Crippen LogP contribution in [0.1, 0.15) is 12.5 Å². The molecule has 2 aliphatic heterocycles. The molecule has 0 aromatic heterocycles. The lowest BCUT2D eigenvalue weighted by Crippen LogP contribution is -2.61. The molecule has 6 nitrogen and oxygen atoms in total. The van der Waals surface area contributed by atoms with Crippen LogP contribution in [-0.4, -0.2) is 52.3 Å². The quantitative estimate of drug-likeness (QED) is 0.844. The Bertz CT molecular complexity index is 885. The number of anilines is 2. The third-order valence-corrected chi connectivity index (χ3v) is 6.04. The number of carbonyl (C=O) groups excluding carboxylic acids is 1. The van der Waals surface area contributed by atoms with E-state index < -0.39 is 0 Å². The molecule has 6 heteroatoms. The lowest BCUT2D eigenvalue weighted by Gasteiger charge is -2.49. The third-order valence-electron chi connectivity index (χ3n) is 6.04. The fourth-order valence-corrected chi connectivity index (χ4v) is 4.62. The van der Waals surface area contributed by atoms with Gasteiger partial charge in [-0.15, -0.1) is 0 Å². The molecule has 2 aliphatic rings. The molecule has 0 unspecified atom stereocenters. The van der Waals surface area contributed by atoms with Gasteiger partial charge in [0.25, 0.3) is 0 Å². The summed E-state index contributed by atoms with van der Waals surface area (Å²) in [5.74, 6) is 1.76. The summed E-state index contributed by atoms with van der Waals surface area (Å²) >= 11 is 0. The zero-order valence-corrected chi connectivity index (χ0v) is 17.4. The Kier molecular flexibility index (Phi) is 5.51. The molecule has 2 atom stereocenters. The van der Waals surface area contributed by atoms with E-state index in [1.807, 2.05) is 31.2 Å². The summed E-state index contributed by atoms with van der Waals surface area (Å²) in [6.07, 6.45) is 0.742. The number of hydrogen-bond donors (Lipinski definition) is 1. The Morgan fingerprint density at radius 3 is 2.69 bits per heavy atom. The molecule has 2 aromatic carbocycles. The summed E-state index contributed by atoms with van der Waals surface area (Å²) in [6.45, 7) is 5.11. The number of benzene rings is 2. The summed E-state index contributed by atoms with van der Waals surface area (Å²) in [6, 6.07) is 14.4. The molecule has 154 valence electrons. The number of amides is 1. The molecule has 1 amide bonds. The van der Waals surface area contributed by atoms with Crippen molar-refractivity contribution in [2.45, 2.75) is 19.4 Å². The molecule has 0 spiro atoms. The Morgan fingerprint density at radius 2 is 1.93 bits per heavy atom. The molecular formula is C23H29N3O3. The highest BCUT2D eigenvalue weighted by molar-refractivity contribution is 5.82. The van der Waals surface area contributed by atoms with Crippen LogP contribution < -0.4 is 24.6 Å². The number of ether oxygens (including phenoxy) is 2. The molecule has 1 fully saturated rings. The first-order chi connectivity index (χ1) is 14.2. The normalized spacial score (nSPS) is 20.5. The van der Waals surface area contributed by atoms with Crippen LogP contribution in [0.4, 0.5) is 11.4 Å². The summed E-state index contributed by atoms with van der Waals surface area (Å²) in [5, 5.41) is 3.05. The maximum Gasteiger partial charge on any atom is 0.225 e. The van der Waals surface area contributed by atoms with E-state index in [-0.39, 0.29) is 17.9 Å². The van der Waals surface area contributed by atoms with Crippen LogP contribution in [0.2, 0.25) is 0 Å². The minimum Gasteiger partial charge on any atom is -0.497 e. The fraction of sp³-hybridized carbons (Fsp3) is 0.435. The predicted octanol–water partition coefficient (Wildman–Crippen LogP) is 2.71. The Morgan fingerprint density at radius 1 is 1.10 bits per heavy atom. The second-order valence-corrected chi connectivity index (χ2v) is 7.58. The Balaban J connectivity index is 1.69. The molecule has 0 radical (unpaired) electrons. The van der Waals surface area contributed by atoms with Crippen molar-refractivity contribution in [2.24, 2.45) is 5.92 Å². The maximum atomic E-state index is 12.9. The summed E-state index contributed by atoms with van der Waals surface area (Å²) in [7, 11) is 3.40. The summed E-state index contributed by atoms with van der Waals surface area (Å²) in [5.41, 5.74) is 3.49. The van der Waals surface area contributed by atoms with Gasteiger partial charge >= 0.3 is 0 Å². The van der Waals surface area contributed by atoms with E-state index >= 15 is 0 Å². The highest BCUT2D eigenvalue weighted by Crippen LogP contribution is 2.40. The van der Waals surface area contributed by atoms with E-state index in [1.54, 1.807) is 14.2 Å². The highest BCUT2D eigenvalue weighted by atomic mass is 16.5. The third kappa shape index (κ3) is 3.59. The van der Waals surface area contributed by atoms with Crippen molar-refractivity contribution in [3.63, 3.8) is 0 Å². The van der Waals surface area contributed by atoms with E-state index in [2.05, 4.69) is 33.3 Å². The molecule has 0 bridgehead atoms. The number of carbonyl (C=O) groups is 1. The van der Waals surface area contributed by atoms with Gasteiger partial charge in [-0.1, -0.05) is 18.2 Å².